The maximum atomic E-state index is 5.55. The van der Waals surface area contributed by atoms with Gasteiger partial charge in [0.15, 0.2) is 0 Å². The van der Waals surface area contributed by atoms with Gasteiger partial charge in [0, 0.05) is 29.0 Å². The quantitative estimate of drug-likeness (QED) is 0.353. The summed E-state index contributed by atoms with van der Waals surface area (Å²) in [7, 11) is 0. The third-order valence-electron chi connectivity index (χ3n) is 7.77. The average Bonchev–Trinajstić information content (AvgIpc) is 3.41. The van der Waals surface area contributed by atoms with Crippen molar-refractivity contribution in [1.29, 1.82) is 0 Å². The van der Waals surface area contributed by atoms with E-state index in [9.17, 15) is 0 Å². The minimum absolute atomic E-state index is 0.531. The zero-order chi connectivity index (χ0) is 27.1. The van der Waals surface area contributed by atoms with Gasteiger partial charge in [0.25, 0.3) is 0 Å². The fraction of sp³-hybridized carbons (Fsp3) is 0.559. The summed E-state index contributed by atoms with van der Waals surface area (Å²) in [6.07, 6.45) is 12.9. The molecule has 3 aromatic heterocycles. The minimum atomic E-state index is 0.531. The number of hydrogen-bond acceptors (Lipinski definition) is 4. The van der Waals surface area contributed by atoms with Crippen molar-refractivity contribution in [1.82, 2.24) is 15.0 Å². The molecule has 4 nitrogen and oxygen atoms in total. The predicted molar refractivity (Wildman–Crippen MR) is 157 cm³/mol. The molecule has 3 aliphatic rings. The number of ether oxygens (including phenoxy) is 1. The van der Waals surface area contributed by atoms with E-state index in [-0.39, 0.29) is 0 Å². The first-order chi connectivity index (χ1) is 18.3. The molecule has 2 aliphatic carbocycles. The highest BCUT2D eigenvalue weighted by Crippen LogP contribution is 2.26. The van der Waals surface area contributed by atoms with Gasteiger partial charge in [-0.25, -0.2) is 0 Å². The third kappa shape index (κ3) is 7.42. The second-order valence-electron chi connectivity index (χ2n) is 11.9. The van der Waals surface area contributed by atoms with E-state index in [1.165, 1.54) is 84.4 Å². The Hall–Kier alpha value is -2.75. The number of rotatable bonds is 3. The highest BCUT2D eigenvalue weighted by atomic mass is 16.5. The summed E-state index contributed by atoms with van der Waals surface area (Å²) in [6.45, 7) is 14.0. The van der Waals surface area contributed by atoms with Crippen molar-refractivity contribution in [2.45, 2.75) is 117 Å². The molecule has 0 aromatic carbocycles. The Morgan fingerprint density at radius 1 is 0.605 bits per heavy atom. The van der Waals surface area contributed by atoms with Crippen molar-refractivity contribution in [2.24, 2.45) is 0 Å². The largest absolute Gasteiger partial charge is 0.492 e. The predicted octanol–water partition coefficient (Wildman–Crippen LogP) is 8.31. The van der Waals surface area contributed by atoms with Crippen LogP contribution in [0.4, 0.5) is 0 Å². The van der Waals surface area contributed by atoms with Crippen LogP contribution < -0.4 is 4.74 Å². The van der Waals surface area contributed by atoms with Gasteiger partial charge in [-0.05, 0) is 110 Å². The molecule has 204 valence electrons. The van der Waals surface area contributed by atoms with Crippen molar-refractivity contribution >= 4 is 0 Å². The normalized spacial score (nSPS) is 15.5. The van der Waals surface area contributed by atoms with E-state index >= 15 is 0 Å². The maximum absolute atomic E-state index is 5.55. The summed E-state index contributed by atoms with van der Waals surface area (Å²) in [6, 6.07) is 11.0. The third-order valence-corrected chi connectivity index (χ3v) is 7.77. The molecule has 4 heterocycles. The molecule has 6 rings (SSSR count). The van der Waals surface area contributed by atoms with Crippen LogP contribution in [0.25, 0.3) is 0 Å². The fourth-order valence-electron chi connectivity index (χ4n) is 5.22. The number of fused-ring (bicyclic) bond motifs is 3. The Bertz CT molecular complexity index is 1130. The van der Waals surface area contributed by atoms with Crippen molar-refractivity contribution in [3.05, 3.63) is 81.7 Å². The molecule has 0 atom stereocenters. The van der Waals surface area contributed by atoms with Crippen LogP contribution in [0, 0.1) is 0 Å². The zero-order valence-electron chi connectivity index (χ0n) is 24.5. The maximum Gasteiger partial charge on any atom is 0.141 e. The molecule has 0 N–H and O–H groups in total. The van der Waals surface area contributed by atoms with Crippen LogP contribution in [0.5, 0.6) is 5.75 Å². The first-order valence-corrected chi connectivity index (χ1v) is 14.9. The van der Waals surface area contributed by atoms with Gasteiger partial charge in [0.1, 0.15) is 5.75 Å². The summed E-state index contributed by atoms with van der Waals surface area (Å²) in [5, 5.41) is 0. The average molecular weight is 514 g/mol. The fourth-order valence-corrected chi connectivity index (χ4v) is 5.22. The van der Waals surface area contributed by atoms with E-state index < -0.39 is 0 Å². The van der Waals surface area contributed by atoms with Crippen LogP contribution in [0.3, 0.4) is 0 Å². The van der Waals surface area contributed by atoms with Gasteiger partial charge < -0.3 is 4.74 Å². The molecule has 38 heavy (non-hydrogen) atoms. The Morgan fingerprint density at radius 2 is 1.16 bits per heavy atom. The molecule has 3 aromatic rings. The van der Waals surface area contributed by atoms with Gasteiger partial charge in [-0.2, -0.15) is 0 Å². The number of nitrogens with zero attached hydrogens (tertiary/aromatic N) is 3. The Labute approximate surface area is 230 Å². The molecular formula is C34H47N3O. The molecule has 0 radical (unpaired) electrons. The SMILES string of the molecule is CC(C)c1ccc2c(n1)CCC2.CC(C)c1ccc2c(n1)CCCC2.CC(C)c1cnc2c(c1)OCCC2. The number of aromatic nitrogens is 3. The topological polar surface area (TPSA) is 47.9 Å². The van der Waals surface area contributed by atoms with Gasteiger partial charge in [-0.15, -0.1) is 0 Å². The number of aryl methyl sites for hydroxylation is 5. The molecule has 0 saturated heterocycles. The molecule has 0 bridgehead atoms. The summed E-state index contributed by atoms with van der Waals surface area (Å²) in [5.41, 5.74) is 10.5. The van der Waals surface area contributed by atoms with E-state index in [0.29, 0.717) is 17.8 Å². The lowest BCUT2D eigenvalue weighted by Gasteiger charge is -2.17. The first-order valence-electron chi connectivity index (χ1n) is 14.9. The molecule has 0 spiro atoms. The van der Waals surface area contributed by atoms with Crippen molar-refractivity contribution in [3.8, 4) is 5.75 Å². The first kappa shape index (κ1) is 28.3. The van der Waals surface area contributed by atoms with Crippen LogP contribution >= 0.6 is 0 Å². The van der Waals surface area contributed by atoms with E-state index in [0.717, 1.165) is 30.9 Å². The molecule has 4 heteroatoms. The lowest BCUT2D eigenvalue weighted by molar-refractivity contribution is 0.284. The van der Waals surface area contributed by atoms with Gasteiger partial charge in [0.2, 0.25) is 0 Å². The summed E-state index contributed by atoms with van der Waals surface area (Å²) < 4.78 is 5.55. The van der Waals surface area contributed by atoms with Gasteiger partial charge in [-0.1, -0.05) is 53.7 Å². The highest BCUT2D eigenvalue weighted by Gasteiger charge is 2.14. The van der Waals surface area contributed by atoms with E-state index in [1.807, 2.05) is 6.20 Å². The van der Waals surface area contributed by atoms with Crippen LogP contribution in [0.1, 0.15) is 130 Å². The zero-order valence-corrected chi connectivity index (χ0v) is 24.5. The van der Waals surface area contributed by atoms with Gasteiger partial charge in [0.05, 0.1) is 12.3 Å². The second kappa shape index (κ2) is 13.4. The minimum Gasteiger partial charge on any atom is -0.492 e. The van der Waals surface area contributed by atoms with Gasteiger partial charge in [-0.3, -0.25) is 15.0 Å². The lowest BCUT2D eigenvalue weighted by Crippen LogP contribution is -2.10. The van der Waals surface area contributed by atoms with E-state index in [1.54, 1.807) is 0 Å². The molecule has 0 fully saturated rings. The van der Waals surface area contributed by atoms with Crippen molar-refractivity contribution in [2.75, 3.05) is 6.61 Å². The lowest BCUT2D eigenvalue weighted by atomic mass is 9.95. The van der Waals surface area contributed by atoms with E-state index in [4.69, 9.17) is 9.72 Å². The smallest absolute Gasteiger partial charge is 0.141 e. The van der Waals surface area contributed by atoms with Crippen LogP contribution in [0.2, 0.25) is 0 Å². The van der Waals surface area contributed by atoms with E-state index in [2.05, 4.69) is 81.8 Å². The molecule has 0 unspecified atom stereocenters. The Kier molecular flexibility index (Phi) is 9.93. The summed E-state index contributed by atoms with van der Waals surface area (Å²) >= 11 is 0. The van der Waals surface area contributed by atoms with Crippen LogP contribution in [0.15, 0.2) is 36.5 Å². The monoisotopic (exact) mass is 513 g/mol. The Morgan fingerprint density at radius 3 is 1.76 bits per heavy atom. The van der Waals surface area contributed by atoms with Crippen LogP contribution in [-0.2, 0) is 32.1 Å². The van der Waals surface area contributed by atoms with Gasteiger partial charge >= 0.3 is 0 Å². The highest BCUT2D eigenvalue weighted by molar-refractivity contribution is 5.34. The van der Waals surface area contributed by atoms with Crippen molar-refractivity contribution in [3.63, 3.8) is 0 Å². The number of hydrogen-bond donors (Lipinski definition) is 0. The molecule has 1 aliphatic heterocycles. The molecule has 0 saturated carbocycles. The second-order valence-corrected chi connectivity index (χ2v) is 11.9. The summed E-state index contributed by atoms with van der Waals surface area (Å²) in [4.78, 5) is 13.8. The van der Waals surface area contributed by atoms with Crippen LogP contribution in [-0.4, -0.2) is 21.6 Å². The number of pyridine rings is 3. The molecular weight excluding hydrogens is 466 g/mol. The molecule has 0 amide bonds. The Balaban J connectivity index is 0.000000133. The summed E-state index contributed by atoms with van der Waals surface area (Å²) in [5.74, 6) is 2.66. The standard InChI is InChI=1S/C12H17N.C11H15NO.C11H15N/c1-9(2)11-8-7-10-5-3-4-6-12(10)13-11;1-8(2)9-6-11-10(12-7-9)4-3-5-13-11;1-8(2)10-7-6-9-4-3-5-11(9)12-10/h7-9H,3-6H2,1-2H3;6-8H,3-5H2,1-2H3;6-8H,3-5H2,1-2H3. The van der Waals surface area contributed by atoms with Crippen molar-refractivity contribution < 1.29 is 4.74 Å².